The third kappa shape index (κ3) is 2.71. The lowest BCUT2D eigenvalue weighted by atomic mass is 10.5. The maximum atomic E-state index is 5.53. The van der Waals surface area contributed by atoms with Gasteiger partial charge in [-0.1, -0.05) is 0 Å². The first-order valence-electron chi connectivity index (χ1n) is 4.44. The van der Waals surface area contributed by atoms with Gasteiger partial charge in [-0.25, -0.2) is 0 Å². The topological polar surface area (TPSA) is 36.5 Å². The summed E-state index contributed by atoms with van der Waals surface area (Å²) in [5.41, 5.74) is 0. The van der Waals surface area contributed by atoms with Crippen LogP contribution in [0.5, 0.6) is 0 Å². The van der Waals surface area contributed by atoms with Gasteiger partial charge in [0.2, 0.25) is 5.88 Å². The van der Waals surface area contributed by atoms with E-state index in [2.05, 4.69) is 24.5 Å². The Morgan fingerprint density at radius 3 is 2.75 bits per heavy atom. The van der Waals surface area contributed by atoms with Crippen LogP contribution < -0.4 is 10.6 Å². The molecule has 0 atom stereocenters. The summed E-state index contributed by atoms with van der Waals surface area (Å²) in [5, 5.41) is 8.15. The van der Waals surface area contributed by atoms with Crippen molar-refractivity contribution in [2.45, 2.75) is 13.8 Å². The summed E-state index contributed by atoms with van der Waals surface area (Å²) >= 11 is 0. The van der Waals surface area contributed by atoms with Crippen molar-refractivity contribution in [1.82, 2.24) is 15.7 Å². The molecule has 1 heterocycles. The lowest BCUT2D eigenvalue weighted by Gasteiger charge is -2.23. The molecular formula is C8H17N3O. The van der Waals surface area contributed by atoms with Gasteiger partial charge in [0.1, 0.15) is 0 Å². The highest BCUT2D eigenvalue weighted by molar-refractivity contribution is 4.94. The number of nitrogens with zero attached hydrogens (tertiary/aromatic N) is 1. The van der Waals surface area contributed by atoms with Crippen LogP contribution in [-0.4, -0.2) is 31.4 Å². The van der Waals surface area contributed by atoms with Crippen LogP contribution in [0.15, 0.2) is 12.0 Å². The van der Waals surface area contributed by atoms with Gasteiger partial charge in [-0.2, -0.15) is 0 Å². The molecule has 1 aliphatic rings. The molecule has 0 bridgehead atoms. The third-order valence-electron chi connectivity index (χ3n) is 1.75. The normalized spacial score (nSPS) is 17.1. The molecule has 2 N–H and O–H groups in total. The molecule has 0 aromatic heterocycles. The first kappa shape index (κ1) is 9.35. The molecule has 4 nitrogen and oxygen atoms in total. The van der Waals surface area contributed by atoms with Crippen LogP contribution in [-0.2, 0) is 4.84 Å². The molecule has 4 heteroatoms. The van der Waals surface area contributed by atoms with Gasteiger partial charge < -0.3 is 10.2 Å². The summed E-state index contributed by atoms with van der Waals surface area (Å²) in [7, 11) is 0. The van der Waals surface area contributed by atoms with Crippen molar-refractivity contribution in [2.24, 2.45) is 0 Å². The predicted molar refractivity (Wildman–Crippen MR) is 48.1 cm³/mol. The van der Waals surface area contributed by atoms with E-state index in [1.165, 1.54) is 0 Å². The highest BCUT2D eigenvalue weighted by Gasteiger charge is 2.06. The second-order valence-electron chi connectivity index (χ2n) is 2.58. The number of hydrogen-bond donors (Lipinski definition) is 2. The van der Waals surface area contributed by atoms with Crippen molar-refractivity contribution in [3.05, 3.63) is 12.0 Å². The average molecular weight is 171 g/mol. The van der Waals surface area contributed by atoms with Crippen molar-refractivity contribution < 1.29 is 4.84 Å². The fourth-order valence-electron chi connectivity index (χ4n) is 1.02. The standard InChI is InChI=1S/C8H17N3O/c1-3-11(4-2)12-8-5-6-9-7-10-8/h5,9-10H,3-4,6-7H2,1-2H3. The molecular weight excluding hydrogens is 154 g/mol. The van der Waals surface area contributed by atoms with Crippen molar-refractivity contribution in [1.29, 1.82) is 0 Å². The minimum absolute atomic E-state index is 0.785. The highest BCUT2D eigenvalue weighted by atomic mass is 16.7. The Morgan fingerprint density at radius 1 is 1.50 bits per heavy atom. The molecule has 0 aromatic carbocycles. The minimum Gasteiger partial charge on any atom is -0.388 e. The third-order valence-corrected chi connectivity index (χ3v) is 1.75. The first-order valence-corrected chi connectivity index (χ1v) is 4.44. The van der Waals surface area contributed by atoms with E-state index in [1.807, 2.05) is 11.1 Å². The Hall–Kier alpha value is -0.740. The molecule has 1 aliphatic heterocycles. The van der Waals surface area contributed by atoms with Crippen LogP contribution in [0.1, 0.15) is 13.8 Å². The Kier molecular flexibility index (Phi) is 3.90. The van der Waals surface area contributed by atoms with Gasteiger partial charge in [-0.3, -0.25) is 5.32 Å². The van der Waals surface area contributed by atoms with Gasteiger partial charge in [0.15, 0.2) is 0 Å². The second-order valence-corrected chi connectivity index (χ2v) is 2.58. The molecule has 0 saturated carbocycles. The molecule has 0 unspecified atom stereocenters. The molecule has 70 valence electrons. The van der Waals surface area contributed by atoms with E-state index in [-0.39, 0.29) is 0 Å². The number of hydroxylamine groups is 2. The molecule has 0 fully saturated rings. The van der Waals surface area contributed by atoms with Gasteiger partial charge in [-0.05, 0) is 19.9 Å². The van der Waals surface area contributed by atoms with Gasteiger partial charge in [0.05, 0.1) is 6.67 Å². The van der Waals surface area contributed by atoms with Crippen LogP contribution in [0.4, 0.5) is 0 Å². The van der Waals surface area contributed by atoms with Gasteiger partial charge in [0, 0.05) is 19.6 Å². The largest absolute Gasteiger partial charge is 0.388 e. The summed E-state index contributed by atoms with van der Waals surface area (Å²) in [6.07, 6.45) is 2.00. The number of nitrogens with one attached hydrogen (secondary N) is 2. The summed E-state index contributed by atoms with van der Waals surface area (Å²) in [6, 6.07) is 0. The van der Waals surface area contributed by atoms with Crippen molar-refractivity contribution >= 4 is 0 Å². The lowest BCUT2D eigenvalue weighted by Crippen LogP contribution is -2.37. The van der Waals surface area contributed by atoms with Crippen molar-refractivity contribution in [2.75, 3.05) is 26.3 Å². The molecule has 1 rings (SSSR count). The number of rotatable bonds is 4. The number of hydrogen-bond acceptors (Lipinski definition) is 4. The maximum absolute atomic E-state index is 5.53. The Morgan fingerprint density at radius 2 is 2.25 bits per heavy atom. The van der Waals surface area contributed by atoms with Crippen LogP contribution in [0.2, 0.25) is 0 Å². The maximum Gasteiger partial charge on any atom is 0.210 e. The van der Waals surface area contributed by atoms with Crippen molar-refractivity contribution in [3.8, 4) is 0 Å². The molecule has 0 radical (unpaired) electrons. The van der Waals surface area contributed by atoms with E-state index in [4.69, 9.17) is 4.84 Å². The van der Waals surface area contributed by atoms with E-state index in [1.54, 1.807) is 0 Å². The molecule has 12 heavy (non-hydrogen) atoms. The van der Waals surface area contributed by atoms with Gasteiger partial charge >= 0.3 is 0 Å². The minimum atomic E-state index is 0.785. The van der Waals surface area contributed by atoms with Crippen LogP contribution >= 0.6 is 0 Å². The highest BCUT2D eigenvalue weighted by Crippen LogP contribution is 1.99. The quantitative estimate of drug-likeness (QED) is 0.595. The second kappa shape index (κ2) is 5.00. The Bertz CT molecular complexity index is 154. The van der Waals surface area contributed by atoms with Gasteiger partial charge in [-0.15, -0.1) is 5.06 Å². The Balaban J connectivity index is 2.32. The van der Waals surface area contributed by atoms with Crippen LogP contribution in [0.25, 0.3) is 0 Å². The first-order chi connectivity index (χ1) is 5.86. The van der Waals surface area contributed by atoms with E-state index >= 15 is 0 Å². The molecule has 0 amide bonds. The smallest absolute Gasteiger partial charge is 0.210 e. The van der Waals surface area contributed by atoms with Crippen molar-refractivity contribution in [3.63, 3.8) is 0 Å². The molecule has 0 saturated heterocycles. The Labute approximate surface area is 73.5 Å². The average Bonchev–Trinajstić information content (AvgIpc) is 2.16. The van der Waals surface area contributed by atoms with Crippen LogP contribution in [0.3, 0.4) is 0 Å². The molecule has 0 aromatic rings. The van der Waals surface area contributed by atoms with Gasteiger partial charge in [0.25, 0.3) is 0 Å². The fraction of sp³-hybridized carbons (Fsp3) is 0.750. The summed E-state index contributed by atoms with van der Waals surface area (Å²) < 4.78 is 0. The SMILES string of the molecule is CCN(CC)OC1=CCNCN1. The monoisotopic (exact) mass is 171 g/mol. The fourth-order valence-corrected chi connectivity index (χ4v) is 1.02. The summed E-state index contributed by atoms with van der Waals surface area (Å²) in [6.45, 7) is 7.62. The predicted octanol–water partition coefficient (Wildman–Crippen LogP) is 0.251. The van der Waals surface area contributed by atoms with Crippen LogP contribution in [0, 0.1) is 0 Å². The molecule has 0 aliphatic carbocycles. The molecule has 0 spiro atoms. The summed E-state index contributed by atoms with van der Waals surface area (Å²) in [4.78, 5) is 5.53. The lowest BCUT2D eigenvalue weighted by molar-refractivity contribution is -0.120. The zero-order chi connectivity index (χ0) is 8.81. The van der Waals surface area contributed by atoms with E-state index in [0.717, 1.165) is 32.2 Å². The van der Waals surface area contributed by atoms with E-state index in [0.29, 0.717) is 0 Å². The zero-order valence-corrected chi connectivity index (χ0v) is 7.76. The summed E-state index contributed by atoms with van der Waals surface area (Å²) in [5.74, 6) is 0.859. The van der Waals surface area contributed by atoms with E-state index in [9.17, 15) is 0 Å². The zero-order valence-electron chi connectivity index (χ0n) is 7.76. The van der Waals surface area contributed by atoms with E-state index < -0.39 is 0 Å².